The van der Waals surface area contributed by atoms with E-state index in [0.29, 0.717) is 5.69 Å². The van der Waals surface area contributed by atoms with Crippen LogP contribution in [0.15, 0.2) is 36.4 Å². The van der Waals surface area contributed by atoms with Crippen molar-refractivity contribution in [3.05, 3.63) is 53.0 Å². The molecule has 1 N–H and O–H groups in total. The van der Waals surface area contributed by atoms with E-state index in [1.54, 1.807) is 17.4 Å². The number of fused-ring (bicyclic) bond motifs is 1. The van der Waals surface area contributed by atoms with Crippen molar-refractivity contribution in [2.75, 3.05) is 5.32 Å². The highest BCUT2D eigenvalue weighted by atomic mass is 32.1. The molecule has 3 rings (SSSR count). The molecule has 0 unspecified atom stereocenters. The Labute approximate surface area is 118 Å². The van der Waals surface area contributed by atoms with Crippen LogP contribution in [0.1, 0.15) is 15.5 Å². The molecule has 4 nitrogen and oxygen atoms in total. The molecule has 0 bridgehead atoms. The maximum absolute atomic E-state index is 13.0. The fourth-order valence-electron chi connectivity index (χ4n) is 1.85. The van der Waals surface area contributed by atoms with Crippen molar-refractivity contribution >= 4 is 33.1 Å². The number of benzene rings is 1. The Morgan fingerprint density at radius 2 is 2.10 bits per heavy atom. The van der Waals surface area contributed by atoms with Crippen LogP contribution in [-0.4, -0.2) is 15.9 Å². The molecule has 6 heteroatoms. The van der Waals surface area contributed by atoms with Gasteiger partial charge in [0.05, 0.1) is 15.2 Å². The second-order valence-electron chi connectivity index (χ2n) is 4.22. The number of aromatic nitrogens is 2. The van der Waals surface area contributed by atoms with E-state index >= 15 is 0 Å². The van der Waals surface area contributed by atoms with E-state index in [0.717, 1.165) is 15.2 Å². The van der Waals surface area contributed by atoms with E-state index in [-0.39, 0.29) is 5.69 Å². The number of carbonyl (C=O) groups excluding carboxylic acids is 1. The molecule has 3 aromatic rings. The number of amides is 1. The van der Waals surface area contributed by atoms with Crippen LogP contribution in [0.4, 0.5) is 10.1 Å². The smallest absolute Gasteiger partial charge is 0.274 e. The molecule has 0 atom stereocenters. The molecule has 0 spiro atoms. The number of nitrogens with zero attached hydrogens (tertiary/aromatic N) is 2. The molecular weight excluding hydrogens is 277 g/mol. The third-order valence-corrected chi connectivity index (χ3v) is 3.63. The first-order valence-electron chi connectivity index (χ1n) is 5.93. The molecule has 0 aliphatic rings. The molecule has 1 amide bonds. The first kappa shape index (κ1) is 12.7. The van der Waals surface area contributed by atoms with Crippen LogP contribution in [0.2, 0.25) is 0 Å². The van der Waals surface area contributed by atoms with Crippen molar-refractivity contribution < 1.29 is 9.18 Å². The number of anilines is 1. The highest BCUT2D eigenvalue weighted by Gasteiger charge is 2.09. The first-order valence-corrected chi connectivity index (χ1v) is 6.74. The van der Waals surface area contributed by atoms with Crippen LogP contribution < -0.4 is 5.32 Å². The van der Waals surface area contributed by atoms with E-state index in [9.17, 15) is 9.18 Å². The van der Waals surface area contributed by atoms with Gasteiger partial charge in [-0.25, -0.2) is 9.97 Å². The zero-order valence-corrected chi connectivity index (χ0v) is 11.4. The van der Waals surface area contributed by atoms with Gasteiger partial charge in [0, 0.05) is 5.69 Å². The van der Waals surface area contributed by atoms with Crippen molar-refractivity contribution in [2.24, 2.45) is 0 Å². The molecule has 0 fully saturated rings. The molecule has 2 heterocycles. The Hall–Kier alpha value is -2.34. The molecule has 20 heavy (non-hydrogen) atoms. The maximum atomic E-state index is 13.0. The highest BCUT2D eigenvalue weighted by molar-refractivity contribution is 7.18. The first-order chi connectivity index (χ1) is 9.61. The zero-order chi connectivity index (χ0) is 14.1. The fourth-order valence-corrected chi connectivity index (χ4v) is 2.71. The second kappa shape index (κ2) is 4.97. The predicted octanol–water partition coefficient (Wildman–Crippen LogP) is 3.39. The molecule has 0 saturated carbocycles. The van der Waals surface area contributed by atoms with E-state index in [1.807, 2.05) is 19.1 Å². The predicted molar refractivity (Wildman–Crippen MR) is 76.5 cm³/mol. The van der Waals surface area contributed by atoms with E-state index in [4.69, 9.17) is 0 Å². The zero-order valence-electron chi connectivity index (χ0n) is 10.6. The van der Waals surface area contributed by atoms with E-state index in [2.05, 4.69) is 15.3 Å². The van der Waals surface area contributed by atoms with Crippen molar-refractivity contribution in [1.29, 1.82) is 0 Å². The molecule has 2 aromatic heterocycles. The third-order valence-electron chi connectivity index (χ3n) is 2.70. The minimum atomic E-state index is -0.675. The van der Waals surface area contributed by atoms with Crippen LogP contribution >= 0.6 is 11.3 Å². The Bertz CT molecular complexity index is 800. The minimum absolute atomic E-state index is 0.0468. The summed E-state index contributed by atoms with van der Waals surface area (Å²) in [4.78, 5) is 19.8. The van der Waals surface area contributed by atoms with Gasteiger partial charge in [-0.3, -0.25) is 4.79 Å². The van der Waals surface area contributed by atoms with Crippen molar-refractivity contribution in [3.8, 4) is 0 Å². The van der Waals surface area contributed by atoms with Gasteiger partial charge in [-0.05, 0) is 37.3 Å². The Kier molecular flexibility index (Phi) is 3.15. The molecule has 0 aliphatic carbocycles. The number of aryl methyl sites for hydroxylation is 1. The number of thiazole rings is 1. The summed E-state index contributed by atoms with van der Waals surface area (Å²) in [6.07, 6.45) is 0. The molecule has 0 aliphatic heterocycles. The fraction of sp³-hybridized carbons (Fsp3) is 0.0714. The number of carbonyl (C=O) groups is 1. The quantitative estimate of drug-likeness (QED) is 0.735. The minimum Gasteiger partial charge on any atom is -0.321 e. The molecule has 0 saturated heterocycles. The number of rotatable bonds is 2. The van der Waals surface area contributed by atoms with E-state index < -0.39 is 11.9 Å². The Morgan fingerprint density at radius 1 is 1.25 bits per heavy atom. The standard InChI is InChI=1S/C14H10FN3OS/c1-8-16-10-6-5-9(7-12(10)20-8)17-14(19)11-3-2-4-13(15)18-11/h2-7H,1H3,(H,17,19). The van der Waals surface area contributed by atoms with Crippen LogP contribution in [0.25, 0.3) is 10.2 Å². The molecule has 0 radical (unpaired) electrons. The average Bonchev–Trinajstić information content (AvgIpc) is 2.78. The van der Waals surface area contributed by atoms with Gasteiger partial charge in [0.1, 0.15) is 5.69 Å². The molecular formula is C14H10FN3OS. The number of hydrogen-bond donors (Lipinski definition) is 1. The normalized spacial score (nSPS) is 10.7. The lowest BCUT2D eigenvalue weighted by atomic mass is 10.2. The van der Waals surface area contributed by atoms with Gasteiger partial charge in [0.2, 0.25) is 5.95 Å². The van der Waals surface area contributed by atoms with E-state index in [1.165, 1.54) is 18.2 Å². The highest BCUT2D eigenvalue weighted by Crippen LogP contribution is 2.24. The lowest BCUT2D eigenvalue weighted by molar-refractivity contribution is 0.102. The lowest BCUT2D eigenvalue weighted by Crippen LogP contribution is -2.13. The largest absolute Gasteiger partial charge is 0.321 e. The van der Waals surface area contributed by atoms with Gasteiger partial charge in [-0.15, -0.1) is 11.3 Å². The van der Waals surface area contributed by atoms with Crippen LogP contribution in [0.5, 0.6) is 0 Å². The summed E-state index contributed by atoms with van der Waals surface area (Å²) in [7, 11) is 0. The summed E-state index contributed by atoms with van der Waals surface area (Å²) in [5.74, 6) is -1.11. The van der Waals surface area contributed by atoms with Gasteiger partial charge in [-0.1, -0.05) is 6.07 Å². The number of halogens is 1. The SMILES string of the molecule is Cc1nc2ccc(NC(=O)c3cccc(F)n3)cc2s1. The van der Waals surface area contributed by atoms with Crippen LogP contribution in [0.3, 0.4) is 0 Å². The average molecular weight is 287 g/mol. The van der Waals surface area contributed by atoms with Gasteiger partial charge in [0.15, 0.2) is 0 Å². The topological polar surface area (TPSA) is 54.9 Å². The van der Waals surface area contributed by atoms with Crippen molar-refractivity contribution in [3.63, 3.8) is 0 Å². The van der Waals surface area contributed by atoms with Gasteiger partial charge < -0.3 is 5.32 Å². The van der Waals surface area contributed by atoms with Gasteiger partial charge >= 0.3 is 0 Å². The van der Waals surface area contributed by atoms with Crippen molar-refractivity contribution in [2.45, 2.75) is 6.92 Å². The monoisotopic (exact) mass is 287 g/mol. The van der Waals surface area contributed by atoms with Gasteiger partial charge in [0.25, 0.3) is 5.91 Å². The number of nitrogens with one attached hydrogen (secondary N) is 1. The summed E-state index contributed by atoms with van der Waals surface area (Å²) in [5, 5.41) is 3.67. The third kappa shape index (κ3) is 2.50. The number of hydrogen-bond acceptors (Lipinski definition) is 4. The molecule has 1 aromatic carbocycles. The maximum Gasteiger partial charge on any atom is 0.274 e. The van der Waals surface area contributed by atoms with Crippen molar-refractivity contribution in [1.82, 2.24) is 9.97 Å². The molecule has 100 valence electrons. The Morgan fingerprint density at radius 3 is 2.90 bits per heavy atom. The van der Waals surface area contributed by atoms with Crippen LogP contribution in [-0.2, 0) is 0 Å². The summed E-state index contributed by atoms with van der Waals surface area (Å²) in [6.45, 7) is 1.93. The summed E-state index contributed by atoms with van der Waals surface area (Å²) in [5.41, 5.74) is 1.58. The summed E-state index contributed by atoms with van der Waals surface area (Å²) in [6, 6.07) is 9.56. The second-order valence-corrected chi connectivity index (χ2v) is 5.45. The summed E-state index contributed by atoms with van der Waals surface area (Å²) >= 11 is 1.55. The number of pyridine rings is 1. The van der Waals surface area contributed by atoms with Gasteiger partial charge in [-0.2, -0.15) is 4.39 Å². The summed E-state index contributed by atoms with van der Waals surface area (Å²) < 4.78 is 14.0. The van der Waals surface area contributed by atoms with Crippen LogP contribution in [0, 0.1) is 12.9 Å². The lowest BCUT2D eigenvalue weighted by Gasteiger charge is -2.04. The Balaban J connectivity index is 1.87.